The van der Waals surface area contributed by atoms with Gasteiger partial charge in [-0.25, -0.2) is 0 Å². The number of fused-ring (bicyclic) bond motifs is 1. The van der Waals surface area contributed by atoms with Gasteiger partial charge in [0.1, 0.15) is 0 Å². The van der Waals surface area contributed by atoms with Gasteiger partial charge in [0.15, 0.2) is 0 Å². The molecule has 1 aromatic carbocycles. The van der Waals surface area contributed by atoms with Gasteiger partial charge < -0.3 is 5.32 Å². The van der Waals surface area contributed by atoms with E-state index in [4.69, 9.17) is 0 Å². The van der Waals surface area contributed by atoms with Gasteiger partial charge in [0.2, 0.25) is 0 Å². The minimum absolute atomic E-state index is 0.471. The number of thiophene rings is 1. The molecule has 3 rings (SSSR count). The topological polar surface area (TPSA) is 12.0 Å². The summed E-state index contributed by atoms with van der Waals surface area (Å²) < 4.78 is 0. The molecule has 19 heavy (non-hydrogen) atoms. The fourth-order valence-electron chi connectivity index (χ4n) is 2.88. The maximum atomic E-state index is 3.70. The first-order valence-corrected chi connectivity index (χ1v) is 8.07. The molecule has 1 aliphatic carbocycles. The van der Waals surface area contributed by atoms with Crippen molar-refractivity contribution >= 4 is 11.3 Å². The van der Waals surface area contributed by atoms with Crippen molar-refractivity contribution < 1.29 is 0 Å². The van der Waals surface area contributed by atoms with Gasteiger partial charge in [0.25, 0.3) is 0 Å². The second kappa shape index (κ2) is 5.89. The van der Waals surface area contributed by atoms with Crippen LogP contribution in [0, 0.1) is 0 Å². The maximum Gasteiger partial charge on any atom is 0.0320 e. The molecule has 1 nitrogen and oxygen atoms in total. The first kappa shape index (κ1) is 12.9. The molecular weight excluding hydrogens is 250 g/mol. The zero-order valence-electron chi connectivity index (χ0n) is 11.5. The monoisotopic (exact) mass is 271 g/mol. The Morgan fingerprint density at radius 3 is 2.79 bits per heavy atom. The molecule has 0 bridgehead atoms. The Labute approximate surface area is 119 Å². The molecule has 2 heteroatoms. The fraction of sp³-hybridized carbons (Fsp3) is 0.412. The molecule has 0 saturated carbocycles. The summed E-state index contributed by atoms with van der Waals surface area (Å²) in [4.78, 5) is 3.13. The van der Waals surface area contributed by atoms with Crippen molar-refractivity contribution in [3.63, 3.8) is 0 Å². The third kappa shape index (κ3) is 2.90. The molecule has 0 saturated heterocycles. The predicted molar refractivity (Wildman–Crippen MR) is 82.7 cm³/mol. The van der Waals surface area contributed by atoms with Gasteiger partial charge in [-0.05, 0) is 42.9 Å². The van der Waals surface area contributed by atoms with Crippen LogP contribution in [0.15, 0.2) is 36.4 Å². The van der Waals surface area contributed by atoms with Gasteiger partial charge >= 0.3 is 0 Å². The number of aryl methyl sites for hydroxylation is 2. The van der Waals surface area contributed by atoms with Crippen LogP contribution in [0.25, 0.3) is 0 Å². The SMILES string of the molecule is CCC(NCc1cc2c(s1)CCC2)c1ccccc1. The first-order valence-electron chi connectivity index (χ1n) is 7.25. The van der Waals surface area contributed by atoms with E-state index in [1.54, 1.807) is 10.4 Å². The van der Waals surface area contributed by atoms with E-state index >= 15 is 0 Å². The average Bonchev–Trinajstić information content (AvgIpc) is 3.01. The highest BCUT2D eigenvalue weighted by Crippen LogP contribution is 2.31. The van der Waals surface area contributed by atoms with Crippen molar-refractivity contribution in [1.82, 2.24) is 5.32 Å². The van der Waals surface area contributed by atoms with Crippen molar-refractivity contribution in [3.05, 3.63) is 57.3 Å². The average molecular weight is 271 g/mol. The van der Waals surface area contributed by atoms with E-state index in [9.17, 15) is 0 Å². The van der Waals surface area contributed by atoms with Crippen LogP contribution in [0.5, 0.6) is 0 Å². The van der Waals surface area contributed by atoms with Gasteiger partial charge in [0.05, 0.1) is 0 Å². The lowest BCUT2D eigenvalue weighted by molar-refractivity contribution is 0.522. The summed E-state index contributed by atoms with van der Waals surface area (Å²) in [7, 11) is 0. The Morgan fingerprint density at radius 1 is 1.21 bits per heavy atom. The second-order valence-electron chi connectivity index (χ2n) is 5.27. The predicted octanol–water partition coefficient (Wildman–Crippen LogP) is 4.48. The highest BCUT2D eigenvalue weighted by molar-refractivity contribution is 7.12. The van der Waals surface area contributed by atoms with Crippen molar-refractivity contribution in [2.24, 2.45) is 0 Å². The van der Waals surface area contributed by atoms with Crippen LogP contribution in [0.4, 0.5) is 0 Å². The lowest BCUT2D eigenvalue weighted by Crippen LogP contribution is -2.19. The summed E-state index contributed by atoms with van der Waals surface area (Å²) >= 11 is 2.01. The van der Waals surface area contributed by atoms with Crippen LogP contribution in [-0.2, 0) is 19.4 Å². The quantitative estimate of drug-likeness (QED) is 0.845. The van der Waals surface area contributed by atoms with E-state index < -0.39 is 0 Å². The summed E-state index contributed by atoms with van der Waals surface area (Å²) in [5.74, 6) is 0. The summed E-state index contributed by atoms with van der Waals surface area (Å²) in [6.45, 7) is 3.25. The van der Waals surface area contributed by atoms with Gasteiger partial charge in [-0.3, -0.25) is 0 Å². The van der Waals surface area contributed by atoms with Crippen molar-refractivity contribution in [3.8, 4) is 0 Å². The number of hydrogen-bond acceptors (Lipinski definition) is 2. The molecule has 1 heterocycles. The van der Waals surface area contributed by atoms with E-state index in [0.717, 1.165) is 13.0 Å². The smallest absolute Gasteiger partial charge is 0.0320 e. The Hall–Kier alpha value is -1.12. The third-order valence-electron chi connectivity index (χ3n) is 3.93. The second-order valence-corrected chi connectivity index (χ2v) is 6.49. The van der Waals surface area contributed by atoms with Crippen LogP contribution in [0.3, 0.4) is 0 Å². The van der Waals surface area contributed by atoms with E-state index in [0.29, 0.717) is 6.04 Å². The number of rotatable bonds is 5. The molecule has 0 amide bonds. The first-order chi connectivity index (χ1) is 9.36. The van der Waals surface area contributed by atoms with Crippen LogP contribution in [-0.4, -0.2) is 0 Å². The minimum atomic E-state index is 0.471. The largest absolute Gasteiger partial charge is 0.305 e. The standard InChI is InChI=1S/C17H21NS/c1-2-16(13-7-4-3-5-8-13)18-12-15-11-14-9-6-10-17(14)19-15/h3-5,7-8,11,16,18H,2,6,9-10,12H2,1H3. The zero-order chi connectivity index (χ0) is 13.1. The molecule has 1 unspecified atom stereocenters. The van der Waals surface area contributed by atoms with Gasteiger partial charge in [-0.15, -0.1) is 11.3 Å². The summed E-state index contributed by atoms with van der Waals surface area (Å²) in [6, 6.07) is 13.7. The highest BCUT2D eigenvalue weighted by Gasteiger charge is 2.15. The summed E-state index contributed by atoms with van der Waals surface area (Å²) in [5, 5.41) is 3.70. The van der Waals surface area contributed by atoms with Gasteiger partial charge in [-0.1, -0.05) is 37.3 Å². The molecule has 100 valence electrons. The lowest BCUT2D eigenvalue weighted by atomic mass is 10.0. The molecule has 1 aromatic heterocycles. The van der Waals surface area contributed by atoms with Crippen molar-refractivity contribution in [1.29, 1.82) is 0 Å². The molecule has 0 fully saturated rings. The molecule has 2 aromatic rings. The molecular formula is C17H21NS. The van der Waals surface area contributed by atoms with E-state index in [2.05, 4.69) is 48.6 Å². The Balaban J connectivity index is 1.64. The molecule has 0 aliphatic heterocycles. The molecule has 0 radical (unpaired) electrons. The third-order valence-corrected chi connectivity index (χ3v) is 5.17. The maximum absolute atomic E-state index is 3.70. The van der Waals surface area contributed by atoms with Gasteiger partial charge in [0, 0.05) is 22.3 Å². The Bertz CT molecular complexity index is 508. The van der Waals surface area contributed by atoms with Crippen molar-refractivity contribution in [2.75, 3.05) is 0 Å². The molecule has 0 spiro atoms. The number of hydrogen-bond donors (Lipinski definition) is 1. The summed E-state index contributed by atoms with van der Waals surface area (Å²) in [6.07, 6.45) is 5.09. The lowest BCUT2D eigenvalue weighted by Gasteiger charge is -2.16. The number of nitrogens with one attached hydrogen (secondary N) is 1. The van der Waals surface area contributed by atoms with E-state index in [1.165, 1.54) is 29.7 Å². The highest BCUT2D eigenvalue weighted by atomic mass is 32.1. The van der Waals surface area contributed by atoms with Crippen LogP contribution < -0.4 is 5.32 Å². The van der Waals surface area contributed by atoms with Crippen LogP contribution in [0.2, 0.25) is 0 Å². The Kier molecular flexibility index (Phi) is 4.00. The van der Waals surface area contributed by atoms with Gasteiger partial charge in [-0.2, -0.15) is 0 Å². The molecule has 1 N–H and O–H groups in total. The Morgan fingerprint density at radius 2 is 2.05 bits per heavy atom. The van der Waals surface area contributed by atoms with E-state index in [1.807, 2.05) is 11.3 Å². The molecule has 1 aliphatic rings. The zero-order valence-corrected chi connectivity index (χ0v) is 12.3. The number of benzene rings is 1. The van der Waals surface area contributed by atoms with Crippen LogP contribution >= 0.6 is 11.3 Å². The fourth-order valence-corrected chi connectivity index (χ4v) is 4.10. The minimum Gasteiger partial charge on any atom is -0.305 e. The summed E-state index contributed by atoms with van der Waals surface area (Å²) in [5.41, 5.74) is 3.00. The normalized spacial score (nSPS) is 15.4. The van der Waals surface area contributed by atoms with Crippen LogP contribution in [0.1, 0.15) is 46.7 Å². The van der Waals surface area contributed by atoms with E-state index in [-0.39, 0.29) is 0 Å². The van der Waals surface area contributed by atoms with Crippen molar-refractivity contribution in [2.45, 2.75) is 45.2 Å². The molecule has 1 atom stereocenters.